The van der Waals surface area contributed by atoms with E-state index in [-0.39, 0.29) is 12.2 Å². The van der Waals surface area contributed by atoms with E-state index in [0.717, 1.165) is 10.4 Å². The summed E-state index contributed by atoms with van der Waals surface area (Å²) in [7, 11) is 0. The number of hydrogen-bond acceptors (Lipinski definition) is 6. The Labute approximate surface area is 139 Å². The van der Waals surface area contributed by atoms with Crippen LogP contribution in [0.25, 0.3) is 11.4 Å². The van der Waals surface area contributed by atoms with Crippen LogP contribution in [-0.4, -0.2) is 32.1 Å². The zero-order chi connectivity index (χ0) is 16.9. The van der Waals surface area contributed by atoms with Gasteiger partial charge in [0, 0.05) is 10.9 Å². The third-order valence-electron chi connectivity index (χ3n) is 2.89. The monoisotopic (exact) mass is 346 g/mol. The first kappa shape index (κ1) is 15.7. The summed E-state index contributed by atoms with van der Waals surface area (Å²) in [5.74, 6) is -0.864. The SMILES string of the molecule is O=C(Cn1nnc(-c2ccsc2)n1)NC(=O)Nc1ccccc1F. The zero-order valence-corrected chi connectivity index (χ0v) is 13.0. The van der Waals surface area contributed by atoms with Crippen molar-refractivity contribution in [1.29, 1.82) is 0 Å². The first-order chi connectivity index (χ1) is 11.6. The highest BCUT2D eigenvalue weighted by Gasteiger charge is 2.13. The third kappa shape index (κ3) is 3.79. The smallest absolute Gasteiger partial charge is 0.305 e. The molecule has 0 aliphatic heterocycles. The van der Waals surface area contributed by atoms with Gasteiger partial charge in [-0.15, -0.1) is 10.2 Å². The van der Waals surface area contributed by atoms with Gasteiger partial charge >= 0.3 is 6.03 Å². The highest BCUT2D eigenvalue weighted by molar-refractivity contribution is 7.08. The van der Waals surface area contributed by atoms with Crippen LogP contribution in [0.5, 0.6) is 0 Å². The molecule has 0 fully saturated rings. The van der Waals surface area contributed by atoms with Crippen molar-refractivity contribution in [3.8, 4) is 11.4 Å². The molecule has 3 rings (SSSR count). The highest BCUT2D eigenvalue weighted by atomic mass is 32.1. The van der Waals surface area contributed by atoms with E-state index < -0.39 is 17.8 Å². The molecule has 1 aromatic carbocycles. The molecule has 3 aromatic rings. The molecule has 0 unspecified atom stereocenters. The number of para-hydroxylation sites is 1. The van der Waals surface area contributed by atoms with Crippen LogP contribution in [0.3, 0.4) is 0 Å². The molecule has 122 valence electrons. The predicted octanol–water partition coefficient (Wildman–Crippen LogP) is 1.89. The molecule has 2 N–H and O–H groups in total. The summed E-state index contributed by atoms with van der Waals surface area (Å²) in [6, 6.07) is 6.61. The Hall–Kier alpha value is -3.14. The van der Waals surface area contributed by atoms with E-state index in [1.165, 1.54) is 29.5 Å². The fourth-order valence-electron chi connectivity index (χ4n) is 1.83. The van der Waals surface area contributed by atoms with Gasteiger partial charge in [-0.3, -0.25) is 10.1 Å². The third-order valence-corrected chi connectivity index (χ3v) is 3.58. The van der Waals surface area contributed by atoms with E-state index in [4.69, 9.17) is 0 Å². The Bertz CT molecular complexity index is 864. The van der Waals surface area contributed by atoms with Gasteiger partial charge in [0.1, 0.15) is 12.4 Å². The average Bonchev–Trinajstić information content (AvgIpc) is 3.20. The molecule has 24 heavy (non-hydrogen) atoms. The minimum absolute atomic E-state index is 0.0265. The van der Waals surface area contributed by atoms with Crippen LogP contribution in [0.1, 0.15) is 0 Å². The summed E-state index contributed by atoms with van der Waals surface area (Å²) in [4.78, 5) is 24.6. The van der Waals surface area contributed by atoms with Gasteiger partial charge in [-0.2, -0.15) is 16.1 Å². The summed E-state index contributed by atoms with van der Waals surface area (Å²) in [6.45, 7) is -0.290. The van der Waals surface area contributed by atoms with E-state index in [0.29, 0.717) is 5.82 Å². The first-order valence-electron chi connectivity index (χ1n) is 6.77. The van der Waals surface area contributed by atoms with Crippen molar-refractivity contribution in [2.75, 3.05) is 5.32 Å². The highest BCUT2D eigenvalue weighted by Crippen LogP contribution is 2.16. The molecule has 0 saturated carbocycles. The number of tetrazole rings is 1. The van der Waals surface area contributed by atoms with Gasteiger partial charge in [0.2, 0.25) is 5.82 Å². The Morgan fingerprint density at radius 2 is 2.08 bits per heavy atom. The second kappa shape index (κ2) is 6.96. The van der Waals surface area contributed by atoms with Crippen LogP contribution in [0, 0.1) is 5.82 Å². The molecule has 0 aliphatic carbocycles. The Balaban J connectivity index is 1.56. The molecule has 2 aromatic heterocycles. The Kier molecular flexibility index (Phi) is 4.57. The predicted molar refractivity (Wildman–Crippen MR) is 84.7 cm³/mol. The Morgan fingerprint density at radius 3 is 2.83 bits per heavy atom. The van der Waals surface area contributed by atoms with Crippen LogP contribution in [-0.2, 0) is 11.3 Å². The minimum atomic E-state index is -0.844. The number of thiophene rings is 1. The number of halogens is 1. The maximum atomic E-state index is 13.4. The number of aromatic nitrogens is 4. The van der Waals surface area contributed by atoms with Crippen LogP contribution < -0.4 is 10.6 Å². The number of hydrogen-bond donors (Lipinski definition) is 2. The van der Waals surface area contributed by atoms with Crippen molar-refractivity contribution >= 4 is 29.0 Å². The molecule has 0 aliphatic rings. The molecule has 0 bridgehead atoms. The normalized spacial score (nSPS) is 10.4. The number of benzene rings is 1. The second-order valence-corrected chi connectivity index (χ2v) is 5.42. The quantitative estimate of drug-likeness (QED) is 0.751. The van der Waals surface area contributed by atoms with Crippen molar-refractivity contribution in [1.82, 2.24) is 25.5 Å². The number of nitrogens with one attached hydrogen (secondary N) is 2. The fraction of sp³-hybridized carbons (Fsp3) is 0.0714. The lowest BCUT2D eigenvalue weighted by molar-refractivity contribution is -0.120. The van der Waals surface area contributed by atoms with Crippen molar-refractivity contribution < 1.29 is 14.0 Å². The van der Waals surface area contributed by atoms with Crippen molar-refractivity contribution in [2.45, 2.75) is 6.54 Å². The fourth-order valence-corrected chi connectivity index (χ4v) is 2.46. The molecule has 10 heteroatoms. The number of amides is 3. The number of anilines is 1. The second-order valence-electron chi connectivity index (χ2n) is 4.64. The minimum Gasteiger partial charge on any atom is -0.305 e. The largest absolute Gasteiger partial charge is 0.326 e. The lowest BCUT2D eigenvalue weighted by Gasteiger charge is -2.06. The van der Waals surface area contributed by atoms with Crippen molar-refractivity contribution in [3.05, 3.63) is 46.9 Å². The molecule has 2 heterocycles. The lowest BCUT2D eigenvalue weighted by Crippen LogP contribution is -2.37. The zero-order valence-electron chi connectivity index (χ0n) is 12.1. The van der Waals surface area contributed by atoms with E-state index in [1.807, 2.05) is 16.8 Å². The van der Waals surface area contributed by atoms with E-state index in [1.54, 1.807) is 6.07 Å². The van der Waals surface area contributed by atoms with E-state index in [2.05, 4.69) is 26.0 Å². The number of carbonyl (C=O) groups is 2. The lowest BCUT2D eigenvalue weighted by atomic mass is 10.3. The standard InChI is InChI=1S/C14H11FN6O2S/c15-10-3-1-2-4-11(10)16-14(23)17-12(22)7-21-19-13(18-20-21)9-5-6-24-8-9/h1-6,8H,7H2,(H2,16,17,22,23). The summed E-state index contributed by atoms with van der Waals surface area (Å²) in [6.07, 6.45) is 0. The van der Waals surface area contributed by atoms with Gasteiger partial charge in [-0.1, -0.05) is 12.1 Å². The van der Waals surface area contributed by atoms with Crippen LogP contribution >= 0.6 is 11.3 Å². The molecular formula is C14H11FN6O2S. The number of imide groups is 1. The van der Waals surface area contributed by atoms with Gasteiger partial charge in [0.05, 0.1) is 5.69 Å². The first-order valence-corrected chi connectivity index (χ1v) is 7.72. The molecule has 0 spiro atoms. The van der Waals surface area contributed by atoms with Crippen LogP contribution in [0.4, 0.5) is 14.9 Å². The van der Waals surface area contributed by atoms with Crippen LogP contribution in [0.2, 0.25) is 0 Å². The van der Waals surface area contributed by atoms with Gasteiger partial charge in [0.25, 0.3) is 5.91 Å². The average molecular weight is 346 g/mol. The number of urea groups is 1. The van der Waals surface area contributed by atoms with E-state index in [9.17, 15) is 14.0 Å². The number of nitrogens with zero attached hydrogens (tertiary/aromatic N) is 4. The van der Waals surface area contributed by atoms with Gasteiger partial charge in [0.15, 0.2) is 0 Å². The van der Waals surface area contributed by atoms with E-state index >= 15 is 0 Å². The molecule has 3 amide bonds. The van der Waals surface area contributed by atoms with Gasteiger partial charge in [-0.25, -0.2) is 9.18 Å². The topological polar surface area (TPSA) is 102 Å². The molecule has 0 atom stereocenters. The number of rotatable bonds is 4. The molecular weight excluding hydrogens is 335 g/mol. The van der Waals surface area contributed by atoms with Crippen molar-refractivity contribution in [2.24, 2.45) is 0 Å². The van der Waals surface area contributed by atoms with Gasteiger partial charge in [-0.05, 0) is 28.8 Å². The van der Waals surface area contributed by atoms with Crippen LogP contribution in [0.15, 0.2) is 41.1 Å². The summed E-state index contributed by atoms with van der Waals surface area (Å²) in [5, 5.41) is 19.7. The summed E-state index contributed by atoms with van der Waals surface area (Å²) in [5.41, 5.74) is 0.769. The van der Waals surface area contributed by atoms with Crippen molar-refractivity contribution in [3.63, 3.8) is 0 Å². The Morgan fingerprint density at radius 1 is 1.25 bits per heavy atom. The number of carbonyl (C=O) groups excluding carboxylic acids is 2. The summed E-state index contributed by atoms with van der Waals surface area (Å²) < 4.78 is 13.4. The molecule has 0 radical (unpaired) electrons. The molecule has 0 saturated heterocycles. The van der Waals surface area contributed by atoms with Gasteiger partial charge < -0.3 is 5.32 Å². The summed E-state index contributed by atoms with van der Waals surface area (Å²) >= 11 is 1.49. The molecule has 8 nitrogen and oxygen atoms in total. The maximum Gasteiger partial charge on any atom is 0.326 e. The maximum absolute atomic E-state index is 13.4.